The first-order valence-corrected chi connectivity index (χ1v) is 5.46. The molecule has 5 nitrogen and oxygen atoms in total. The van der Waals surface area contributed by atoms with Crippen molar-refractivity contribution in [1.29, 1.82) is 0 Å². The molecule has 2 heterocycles. The van der Waals surface area contributed by atoms with Gasteiger partial charge in [0, 0.05) is 18.3 Å². The number of rotatable bonds is 2. The molecule has 1 fully saturated rings. The molecule has 1 aromatic heterocycles. The van der Waals surface area contributed by atoms with Gasteiger partial charge >= 0.3 is 0 Å². The number of aryl methyl sites for hydroxylation is 2. The van der Waals surface area contributed by atoms with Crippen LogP contribution >= 0.6 is 0 Å². The van der Waals surface area contributed by atoms with Gasteiger partial charge in [-0.15, -0.1) is 0 Å². The number of nitrogens with two attached hydrogens (primary N) is 1. The number of carbonyl (C=O) groups is 1. The Labute approximate surface area is 94.7 Å². The second-order valence-corrected chi connectivity index (χ2v) is 4.17. The molecule has 1 aliphatic rings. The Morgan fingerprint density at radius 3 is 2.88 bits per heavy atom. The Kier molecular flexibility index (Phi) is 2.77. The van der Waals surface area contributed by atoms with E-state index in [-0.39, 0.29) is 11.9 Å². The van der Waals surface area contributed by atoms with Gasteiger partial charge in [-0.05, 0) is 26.7 Å². The molecule has 5 heteroatoms. The molecule has 0 saturated carbocycles. The first-order valence-electron chi connectivity index (χ1n) is 5.46. The van der Waals surface area contributed by atoms with Crippen LogP contribution in [0.4, 0.5) is 5.82 Å². The number of hydrogen-bond acceptors (Lipinski definition) is 4. The number of anilines is 1. The van der Waals surface area contributed by atoms with E-state index >= 15 is 0 Å². The van der Waals surface area contributed by atoms with E-state index in [9.17, 15) is 4.79 Å². The summed E-state index contributed by atoms with van der Waals surface area (Å²) in [4.78, 5) is 21.8. The van der Waals surface area contributed by atoms with Gasteiger partial charge in [0.05, 0.1) is 0 Å². The Hall–Kier alpha value is -1.65. The summed E-state index contributed by atoms with van der Waals surface area (Å²) in [6.45, 7) is 4.61. The molecule has 0 radical (unpaired) electrons. The van der Waals surface area contributed by atoms with Crippen LogP contribution in [0, 0.1) is 13.8 Å². The predicted octanol–water partition coefficient (Wildman–Crippen LogP) is 0.548. The minimum absolute atomic E-state index is 0.214. The number of amides is 1. The van der Waals surface area contributed by atoms with Crippen LogP contribution in [-0.2, 0) is 4.79 Å². The summed E-state index contributed by atoms with van der Waals surface area (Å²) < 4.78 is 0. The molecule has 1 unspecified atom stereocenters. The van der Waals surface area contributed by atoms with Gasteiger partial charge in [0.25, 0.3) is 0 Å². The van der Waals surface area contributed by atoms with E-state index in [1.807, 2.05) is 24.8 Å². The van der Waals surface area contributed by atoms with Crippen LogP contribution in [0.15, 0.2) is 6.07 Å². The predicted molar refractivity (Wildman–Crippen MR) is 61.1 cm³/mol. The number of carbonyl (C=O) groups excluding carboxylic acids is 1. The summed E-state index contributed by atoms with van der Waals surface area (Å²) in [6, 6.07) is 1.68. The summed E-state index contributed by atoms with van der Waals surface area (Å²) in [6.07, 6.45) is 1.80. The average molecular weight is 220 g/mol. The van der Waals surface area contributed by atoms with E-state index in [1.54, 1.807) is 0 Å². The molecule has 1 amide bonds. The quantitative estimate of drug-likeness (QED) is 0.790. The molecule has 2 rings (SSSR count). The van der Waals surface area contributed by atoms with Crippen LogP contribution in [0.5, 0.6) is 0 Å². The molecule has 86 valence electrons. The van der Waals surface area contributed by atoms with Gasteiger partial charge in [0.2, 0.25) is 5.91 Å². The lowest BCUT2D eigenvalue weighted by Gasteiger charge is -2.23. The first kappa shape index (κ1) is 10.9. The molecule has 2 N–H and O–H groups in total. The van der Waals surface area contributed by atoms with Gasteiger partial charge in [-0.3, -0.25) is 4.79 Å². The van der Waals surface area contributed by atoms with Crippen LogP contribution in [0.3, 0.4) is 0 Å². The summed E-state index contributed by atoms with van der Waals surface area (Å²) in [5.41, 5.74) is 6.29. The summed E-state index contributed by atoms with van der Waals surface area (Å²) in [5.74, 6) is 1.27. The van der Waals surface area contributed by atoms with Crippen molar-refractivity contribution in [3.8, 4) is 0 Å². The lowest BCUT2D eigenvalue weighted by molar-refractivity contribution is -0.119. The molecular formula is C11H16N4O. The number of hydrogen-bond donors (Lipinski definition) is 1. The van der Waals surface area contributed by atoms with Crippen LogP contribution in [0.25, 0.3) is 0 Å². The highest BCUT2D eigenvalue weighted by molar-refractivity contribution is 5.83. The molecule has 16 heavy (non-hydrogen) atoms. The normalized spacial score (nSPS) is 20.1. The van der Waals surface area contributed by atoms with Crippen molar-refractivity contribution in [3.63, 3.8) is 0 Å². The Bertz CT molecular complexity index is 398. The molecule has 1 aliphatic heterocycles. The Morgan fingerprint density at radius 2 is 2.25 bits per heavy atom. The molecule has 1 aromatic rings. The lowest BCUT2D eigenvalue weighted by Crippen LogP contribution is -2.40. The third-order valence-corrected chi connectivity index (χ3v) is 2.83. The second kappa shape index (κ2) is 4.08. The van der Waals surface area contributed by atoms with Crippen molar-refractivity contribution < 1.29 is 4.79 Å². The highest BCUT2D eigenvalue weighted by Gasteiger charge is 2.30. The summed E-state index contributed by atoms with van der Waals surface area (Å²) in [5, 5.41) is 0. The molecule has 1 saturated heterocycles. The number of nitrogens with zero attached hydrogens (tertiary/aromatic N) is 3. The van der Waals surface area contributed by atoms with Crippen LogP contribution < -0.4 is 10.6 Å². The van der Waals surface area contributed by atoms with E-state index in [2.05, 4.69) is 9.97 Å². The highest BCUT2D eigenvalue weighted by Crippen LogP contribution is 2.23. The molecule has 0 bridgehead atoms. The number of primary amides is 1. The summed E-state index contributed by atoms with van der Waals surface area (Å²) >= 11 is 0. The van der Waals surface area contributed by atoms with Gasteiger partial charge in [0.1, 0.15) is 17.7 Å². The van der Waals surface area contributed by atoms with Gasteiger partial charge in [-0.25, -0.2) is 9.97 Å². The van der Waals surface area contributed by atoms with Crippen LogP contribution in [-0.4, -0.2) is 28.5 Å². The van der Waals surface area contributed by atoms with Crippen molar-refractivity contribution in [2.24, 2.45) is 5.73 Å². The van der Waals surface area contributed by atoms with Gasteiger partial charge < -0.3 is 10.6 Å². The fourth-order valence-electron chi connectivity index (χ4n) is 2.18. The van der Waals surface area contributed by atoms with Crippen molar-refractivity contribution >= 4 is 11.7 Å². The Morgan fingerprint density at radius 1 is 1.50 bits per heavy atom. The zero-order valence-corrected chi connectivity index (χ0v) is 9.60. The van der Waals surface area contributed by atoms with Crippen LogP contribution in [0.2, 0.25) is 0 Å². The zero-order chi connectivity index (χ0) is 11.7. The monoisotopic (exact) mass is 220 g/mol. The summed E-state index contributed by atoms with van der Waals surface area (Å²) in [7, 11) is 0. The SMILES string of the molecule is Cc1cc(N2CCCC2C(N)=O)nc(C)n1. The fraction of sp³-hybridized carbons (Fsp3) is 0.545. The largest absolute Gasteiger partial charge is 0.368 e. The van der Waals surface area contributed by atoms with Crippen molar-refractivity contribution in [1.82, 2.24) is 9.97 Å². The topological polar surface area (TPSA) is 72.1 Å². The minimum atomic E-state index is -0.272. The van der Waals surface area contributed by atoms with E-state index in [4.69, 9.17) is 5.73 Å². The lowest BCUT2D eigenvalue weighted by atomic mass is 10.2. The molecule has 0 spiro atoms. The molecular weight excluding hydrogens is 204 g/mol. The maximum Gasteiger partial charge on any atom is 0.240 e. The molecule has 0 aromatic carbocycles. The zero-order valence-electron chi connectivity index (χ0n) is 9.60. The van der Waals surface area contributed by atoms with Crippen molar-refractivity contribution in [2.75, 3.05) is 11.4 Å². The smallest absolute Gasteiger partial charge is 0.240 e. The maximum absolute atomic E-state index is 11.3. The van der Waals surface area contributed by atoms with Crippen molar-refractivity contribution in [3.05, 3.63) is 17.6 Å². The van der Waals surface area contributed by atoms with Crippen LogP contribution in [0.1, 0.15) is 24.4 Å². The standard InChI is InChI=1S/C11H16N4O/c1-7-6-10(14-8(2)13-7)15-5-3-4-9(15)11(12)16/h6,9H,3-5H2,1-2H3,(H2,12,16). The molecule has 0 aliphatic carbocycles. The van der Waals surface area contributed by atoms with Crippen molar-refractivity contribution in [2.45, 2.75) is 32.7 Å². The maximum atomic E-state index is 11.3. The van der Waals surface area contributed by atoms with E-state index in [1.165, 1.54) is 0 Å². The minimum Gasteiger partial charge on any atom is -0.368 e. The van der Waals surface area contributed by atoms with Gasteiger partial charge in [-0.2, -0.15) is 0 Å². The number of aromatic nitrogens is 2. The third-order valence-electron chi connectivity index (χ3n) is 2.83. The van der Waals surface area contributed by atoms with Gasteiger partial charge in [0.15, 0.2) is 0 Å². The average Bonchev–Trinajstić information content (AvgIpc) is 2.63. The van der Waals surface area contributed by atoms with E-state index < -0.39 is 0 Å². The first-order chi connectivity index (χ1) is 7.58. The van der Waals surface area contributed by atoms with E-state index in [0.29, 0.717) is 0 Å². The van der Waals surface area contributed by atoms with E-state index in [0.717, 1.165) is 36.7 Å². The highest BCUT2D eigenvalue weighted by atomic mass is 16.1. The Balaban J connectivity index is 2.32. The van der Waals surface area contributed by atoms with Gasteiger partial charge in [-0.1, -0.05) is 0 Å². The molecule has 1 atom stereocenters. The fourth-order valence-corrected chi connectivity index (χ4v) is 2.18. The second-order valence-electron chi connectivity index (χ2n) is 4.17. The third kappa shape index (κ3) is 1.98.